The van der Waals surface area contributed by atoms with E-state index < -0.39 is 0 Å². The molecule has 3 nitrogen and oxygen atoms in total. The van der Waals surface area contributed by atoms with Crippen molar-refractivity contribution in [2.75, 3.05) is 0 Å². The molecule has 0 spiro atoms. The van der Waals surface area contributed by atoms with Crippen molar-refractivity contribution < 1.29 is 4.42 Å². The van der Waals surface area contributed by atoms with Crippen LogP contribution < -0.4 is 5.32 Å². The first kappa shape index (κ1) is 11.6. The fourth-order valence-electron chi connectivity index (χ4n) is 2.63. The Kier molecular flexibility index (Phi) is 3.64. The Balaban J connectivity index is 1.88. The Morgan fingerprint density at radius 1 is 1.38 bits per heavy atom. The number of aryl methyl sites for hydroxylation is 1. The summed E-state index contributed by atoms with van der Waals surface area (Å²) >= 11 is 0. The molecule has 2 atom stereocenters. The summed E-state index contributed by atoms with van der Waals surface area (Å²) in [4.78, 5) is 4.27. The van der Waals surface area contributed by atoms with Gasteiger partial charge in [-0.25, -0.2) is 4.98 Å². The molecule has 90 valence electrons. The van der Waals surface area contributed by atoms with Crippen molar-refractivity contribution in [2.45, 2.75) is 58.5 Å². The van der Waals surface area contributed by atoms with Crippen LogP contribution in [0.2, 0.25) is 0 Å². The number of oxazole rings is 1. The molecule has 1 aliphatic rings. The highest BCUT2D eigenvalue weighted by Crippen LogP contribution is 2.28. The first-order valence-electron chi connectivity index (χ1n) is 6.35. The van der Waals surface area contributed by atoms with Gasteiger partial charge in [-0.1, -0.05) is 12.8 Å². The van der Waals surface area contributed by atoms with Gasteiger partial charge in [0, 0.05) is 6.04 Å². The summed E-state index contributed by atoms with van der Waals surface area (Å²) in [7, 11) is 0. The van der Waals surface area contributed by atoms with Gasteiger partial charge in [0.2, 0.25) is 5.89 Å². The lowest BCUT2D eigenvalue weighted by atomic mass is 9.99. The van der Waals surface area contributed by atoms with Gasteiger partial charge in [0.1, 0.15) is 5.76 Å². The second-order valence-corrected chi connectivity index (χ2v) is 5.03. The average molecular weight is 222 g/mol. The smallest absolute Gasteiger partial charge is 0.211 e. The van der Waals surface area contributed by atoms with E-state index in [1.165, 1.54) is 25.7 Å². The van der Waals surface area contributed by atoms with Crippen molar-refractivity contribution in [2.24, 2.45) is 5.92 Å². The maximum Gasteiger partial charge on any atom is 0.211 e. The molecule has 16 heavy (non-hydrogen) atoms. The zero-order valence-corrected chi connectivity index (χ0v) is 10.5. The van der Waals surface area contributed by atoms with Crippen LogP contribution in [0.1, 0.15) is 57.2 Å². The standard InChI is InChI=1S/C13H22N2O/c1-9-8-14-13(16-9)11(3)15-10(2)12-6-4-5-7-12/h8,10-12,15H,4-7H2,1-3H3. The molecule has 1 aromatic heterocycles. The molecule has 1 aromatic rings. The van der Waals surface area contributed by atoms with Crippen molar-refractivity contribution in [3.05, 3.63) is 17.8 Å². The predicted molar refractivity (Wildman–Crippen MR) is 64.2 cm³/mol. The number of rotatable bonds is 4. The van der Waals surface area contributed by atoms with Crippen LogP contribution in [-0.2, 0) is 0 Å². The lowest BCUT2D eigenvalue weighted by Crippen LogP contribution is -2.34. The van der Waals surface area contributed by atoms with E-state index in [0.29, 0.717) is 6.04 Å². The summed E-state index contributed by atoms with van der Waals surface area (Å²) < 4.78 is 5.54. The molecular weight excluding hydrogens is 200 g/mol. The Labute approximate surface area is 97.6 Å². The van der Waals surface area contributed by atoms with E-state index in [1.807, 2.05) is 6.92 Å². The lowest BCUT2D eigenvalue weighted by molar-refractivity contribution is 0.318. The van der Waals surface area contributed by atoms with E-state index in [1.54, 1.807) is 6.20 Å². The topological polar surface area (TPSA) is 38.1 Å². The molecule has 0 amide bonds. The summed E-state index contributed by atoms with van der Waals surface area (Å²) in [5.74, 6) is 2.53. The van der Waals surface area contributed by atoms with Crippen LogP contribution in [0, 0.1) is 12.8 Å². The van der Waals surface area contributed by atoms with E-state index in [-0.39, 0.29) is 6.04 Å². The first-order chi connectivity index (χ1) is 7.66. The normalized spacial score (nSPS) is 21.2. The van der Waals surface area contributed by atoms with E-state index in [9.17, 15) is 0 Å². The van der Waals surface area contributed by atoms with Crippen LogP contribution in [0.5, 0.6) is 0 Å². The second-order valence-electron chi connectivity index (χ2n) is 5.03. The number of nitrogens with zero attached hydrogens (tertiary/aromatic N) is 1. The lowest BCUT2D eigenvalue weighted by Gasteiger charge is -2.23. The van der Waals surface area contributed by atoms with Crippen LogP contribution in [0.3, 0.4) is 0 Å². The zero-order valence-electron chi connectivity index (χ0n) is 10.5. The highest BCUT2D eigenvalue weighted by molar-refractivity contribution is 4.96. The Hall–Kier alpha value is -0.830. The fraction of sp³-hybridized carbons (Fsp3) is 0.769. The van der Waals surface area contributed by atoms with Gasteiger partial charge in [0.15, 0.2) is 0 Å². The van der Waals surface area contributed by atoms with Gasteiger partial charge in [-0.3, -0.25) is 0 Å². The van der Waals surface area contributed by atoms with Crippen molar-refractivity contribution in [1.82, 2.24) is 10.3 Å². The van der Waals surface area contributed by atoms with Crippen LogP contribution in [0.25, 0.3) is 0 Å². The van der Waals surface area contributed by atoms with Gasteiger partial charge in [0.05, 0.1) is 12.2 Å². The second kappa shape index (κ2) is 5.00. The van der Waals surface area contributed by atoms with Crippen molar-refractivity contribution in [3.63, 3.8) is 0 Å². The molecule has 0 bridgehead atoms. The van der Waals surface area contributed by atoms with Crippen LogP contribution in [0.4, 0.5) is 0 Å². The molecule has 1 aliphatic carbocycles. The summed E-state index contributed by atoms with van der Waals surface area (Å²) in [6, 6.07) is 0.772. The van der Waals surface area contributed by atoms with Crippen LogP contribution in [0.15, 0.2) is 10.6 Å². The average Bonchev–Trinajstić information content (AvgIpc) is 2.87. The fourth-order valence-corrected chi connectivity index (χ4v) is 2.63. The van der Waals surface area contributed by atoms with Gasteiger partial charge in [-0.05, 0) is 39.5 Å². The largest absolute Gasteiger partial charge is 0.444 e. The van der Waals surface area contributed by atoms with E-state index >= 15 is 0 Å². The number of aromatic nitrogens is 1. The molecule has 2 rings (SSSR count). The molecule has 0 aliphatic heterocycles. The minimum absolute atomic E-state index is 0.212. The van der Waals surface area contributed by atoms with E-state index in [2.05, 4.69) is 24.1 Å². The molecule has 1 N–H and O–H groups in total. The van der Waals surface area contributed by atoms with Gasteiger partial charge in [0.25, 0.3) is 0 Å². The van der Waals surface area contributed by atoms with Gasteiger partial charge in [-0.2, -0.15) is 0 Å². The molecule has 1 fully saturated rings. The Bertz CT molecular complexity index is 328. The number of hydrogen-bond donors (Lipinski definition) is 1. The Morgan fingerprint density at radius 2 is 2.06 bits per heavy atom. The predicted octanol–water partition coefficient (Wildman–Crippen LogP) is 3.21. The third-order valence-corrected chi connectivity index (χ3v) is 3.63. The van der Waals surface area contributed by atoms with Crippen LogP contribution in [-0.4, -0.2) is 11.0 Å². The molecule has 0 aromatic carbocycles. The minimum Gasteiger partial charge on any atom is -0.444 e. The third kappa shape index (κ3) is 2.64. The van der Waals surface area contributed by atoms with Crippen molar-refractivity contribution in [1.29, 1.82) is 0 Å². The molecule has 2 unspecified atom stereocenters. The highest BCUT2D eigenvalue weighted by atomic mass is 16.4. The van der Waals surface area contributed by atoms with Crippen LogP contribution >= 0.6 is 0 Å². The first-order valence-corrected chi connectivity index (χ1v) is 6.35. The molecule has 0 saturated heterocycles. The molecular formula is C13H22N2O. The number of hydrogen-bond acceptors (Lipinski definition) is 3. The molecule has 1 heterocycles. The minimum atomic E-state index is 0.212. The maximum absolute atomic E-state index is 5.54. The maximum atomic E-state index is 5.54. The Morgan fingerprint density at radius 3 is 2.62 bits per heavy atom. The molecule has 0 radical (unpaired) electrons. The quantitative estimate of drug-likeness (QED) is 0.850. The highest BCUT2D eigenvalue weighted by Gasteiger charge is 2.23. The molecule has 1 saturated carbocycles. The zero-order chi connectivity index (χ0) is 11.5. The summed E-state index contributed by atoms with van der Waals surface area (Å²) in [6.07, 6.45) is 7.30. The van der Waals surface area contributed by atoms with Gasteiger partial charge >= 0.3 is 0 Å². The van der Waals surface area contributed by atoms with Crippen molar-refractivity contribution >= 4 is 0 Å². The van der Waals surface area contributed by atoms with Gasteiger partial charge in [-0.15, -0.1) is 0 Å². The summed E-state index contributed by atoms with van der Waals surface area (Å²) in [5, 5.41) is 3.60. The van der Waals surface area contributed by atoms with E-state index in [4.69, 9.17) is 4.42 Å². The summed E-state index contributed by atoms with van der Waals surface area (Å²) in [6.45, 7) is 6.34. The monoisotopic (exact) mass is 222 g/mol. The molecule has 3 heteroatoms. The number of nitrogens with one attached hydrogen (secondary N) is 1. The van der Waals surface area contributed by atoms with Gasteiger partial charge < -0.3 is 9.73 Å². The van der Waals surface area contributed by atoms with Crippen molar-refractivity contribution in [3.8, 4) is 0 Å². The van der Waals surface area contributed by atoms with E-state index in [0.717, 1.165) is 17.6 Å². The SMILES string of the molecule is Cc1cnc(C(C)NC(C)C2CCCC2)o1. The summed E-state index contributed by atoms with van der Waals surface area (Å²) in [5.41, 5.74) is 0. The third-order valence-electron chi connectivity index (χ3n) is 3.63.